The molecule has 1 saturated carbocycles. The maximum atomic E-state index is 13.4. The second-order valence-corrected chi connectivity index (χ2v) is 11.6. The Kier molecular flexibility index (Phi) is 8.44. The molecule has 0 saturated heterocycles. The van der Waals surface area contributed by atoms with E-state index in [1.165, 1.54) is 6.07 Å². The number of hydrogen-bond donors (Lipinski definition) is 2. The van der Waals surface area contributed by atoms with Crippen LogP contribution in [0.2, 0.25) is 0 Å². The molecule has 9 heteroatoms. The van der Waals surface area contributed by atoms with Gasteiger partial charge in [-0.1, -0.05) is 13.8 Å². The van der Waals surface area contributed by atoms with Crippen LogP contribution in [0, 0.1) is 11.3 Å². The minimum atomic E-state index is -4.51. The van der Waals surface area contributed by atoms with Gasteiger partial charge in [-0.05, 0) is 84.9 Å². The summed E-state index contributed by atoms with van der Waals surface area (Å²) in [7, 11) is 0. The predicted octanol–water partition coefficient (Wildman–Crippen LogP) is 6.22. The molecule has 1 fully saturated rings. The van der Waals surface area contributed by atoms with E-state index in [1.54, 1.807) is 41.5 Å². The Morgan fingerprint density at radius 3 is 2.23 bits per heavy atom. The highest BCUT2D eigenvalue weighted by Crippen LogP contribution is 2.45. The fraction of sp³-hybridized carbons (Fsp3) is 0.692. The van der Waals surface area contributed by atoms with Crippen molar-refractivity contribution < 1.29 is 32.2 Å². The van der Waals surface area contributed by atoms with Gasteiger partial charge in [0, 0.05) is 18.2 Å². The number of benzene rings is 1. The number of alkyl carbamates (subject to hydrolysis) is 1. The van der Waals surface area contributed by atoms with Crippen molar-refractivity contribution in [3.8, 4) is 5.75 Å². The van der Waals surface area contributed by atoms with Crippen molar-refractivity contribution in [3.63, 3.8) is 0 Å². The Hall–Kier alpha value is -2.45. The first-order valence-electron chi connectivity index (χ1n) is 12.0. The van der Waals surface area contributed by atoms with Crippen LogP contribution >= 0.6 is 0 Å². The van der Waals surface area contributed by atoms with E-state index in [4.69, 9.17) is 9.47 Å². The minimum absolute atomic E-state index is 0.0419. The molecule has 2 N–H and O–H groups in total. The summed E-state index contributed by atoms with van der Waals surface area (Å²) in [5, 5.41) is 5.70. The van der Waals surface area contributed by atoms with E-state index in [9.17, 15) is 22.8 Å². The maximum Gasteiger partial charge on any atom is 0.416 e. The molecular formula is C26H39F3N2O4. The minimum Gasteiger partial charge on any atom is -0.488 e. The average molecular weight is 501 g/mol. The highest BCUT2D eigenvalue weighted by molar-refractivity contribution is 5.83. The van der Waals surface area contributed by atoms with Crippen LogP contribution in [-0.4, -0.2) is 29.2 Å². The topological polar surface area (TPSA) is 76.7 Å². The van der Waals surface area contributed by atoms with Gasteiger partial charge in [-0.3, -0.25) is 4.79 Å². The van der Waals surface area contributed by atoms with E-state index in [-0.39, 0.29) is 30.0 Å². The quantitative estimate of drug-likeness (QED) is 0.486. The van der Waals surface area contributed by atoms with Crippen molar-refractivity contribution in [3.05, 3.63) is 29.3 Å². The number of hydrogen-bond acceptors (Lipinski definition) is 4. The summed E-state index contributed by atoms with van der Waals surface area (Å²) in [5.74, 6) is 0.000128. The second-order valence-electron chi connectivity index (χ2n) is 11.6. The van der Waals surface area contributed by atoms with Crippen LogP contribution < -0.4 is 15.4 Å². The molecule has 0 aromatic heterocycles. The maximum absolute atomic E-state index is 13.4. The third-order valence-corrected chi connectivity index (χ3v) is 6.07. The summed E-state index contributed by atoms with van der Waals surface area (Å²) in [6.07, 6.45) is -3.47. The molecule has 0 aliphatic heterocycles. The van der Waals surface area contributed by atoms with Gasteiger partial charge in [-0.2, -0.15) is 13.2 Å². The van der Waals surface area contributed by atoms with E-state index in [1.807, 2.05) is 13.8 Å². The zero-order valence-corrected chi connectivity index (χ0v) is 22.0. The normalized spacial score (nSPS) is 21.1. The number of carbonyl (C=O) groups excluding carboxylic acids is 2. The van der Waals surface area contributed by atoms with Gasteiger partial charge in [0.1, 0.15) is 17.0 Å². The van der Waals surface area contributed by atoms with Gasteiger partial charge in [-0.15, -0.1) is 0 Å². The number of alkyl halides is 3. The van der Waals surface area contributed by atoms with Crippen LogP contribution in [0.4, 0.5) is 18.0 Å². The van der Waals surface area contributed by atoms with E-state index in [0.717, 1.165) is 12.1 Å². The first kappa shape index (κ1) is 28.8. The molecule has 198 valence electrons. The summed E-state index contributed by atoms with van der Waals surface area (Å²) in [5.41, 5.74) is -2.56. The van der Waals surface area contributed by atoms with Gasteiger partial charge >= 0.3 is 12.3 Å². The van der Waals surface area contributed by atoms with Gasteiger partial charge in [-0.25, -0.2) is 4.79 Å². The number of halogens is 3. The van der Waals surface area contributed by atoms with Crippen LogP contribution in [0.3, 0.4) is 0 Å². The zero-order chi connectivity index (χ0) is 26.8. The van der Waals surface area contributed by atoms with Crippen LogP contribution in [-0.2, 0) is 22.3 Å². The third-order valence-electron chi connectivity index (χ3n) is 6.07. The van der Waals surface area contributed by atoms with Crippen LogP contribution in [0.25, 0.3) is 0 Å². The van der Waals surface area contributed by atoms with Crippen molar-refractivity contribution >= 4 is 12.0 Å². The average Bonchev–Trinajstić information content (AvgIpc) is 3.08. The summed E-state index contributed by atoms with van der Waals surface area (Å²) in [6, 6.07) is 3.06. The third kappa shape index (κ3) is 8.04. The lowest BCUT2D eigenvalue weighted by molar-refractivity contribution is -0.137. The molecule has 0 radical (unpaired) electrons. The molecular weight excluding hydrogens is 461 g/mol. The molecule has 2 atom stereocenters. The van der Waals surface area contributed by atoms with Crippen molar-refractivity contribution in [1.29, 1.82) is 0 Å². The standard InChI is InChI=1S/C26H39F3N2O4/c1-16(2)25(12-11-19(14-25)31-22(33)35-24(6,7)8)21(32)30-15-17-13-18(26(27,28)29)9-10-20(17)34-23(3,4)5/h9-10,13,16,19H,11-12,14-15H2,1-8H3,(H,30,32)(H,31,33)/t19-,25+/m1/s1. The summed E-state index contributed by atoms with van der Waals surface area (Å²) in [4.78, 5) is 25.6. The van der Waals surface area contributed by atoms with E-state index >= 15 is 0 Å². The summed E-state index contributed by atoms with van der Waals surface area (Å²) in [6.45, 7) is 14.5. The smallest absolute Gasteiger partial charge is 0.416 e. The van der Waals surface area contributed by atoms with Crippen LogP contribution in [0.5, 0.6) is 5.75 Å². The molecule has 0 heterocycles. The molecule has 2 rings (SSSR count). The van der Waals surface area contributed by atoms with Crippen molar-refractivity contribution in [2.45, 2.75) is 105 Å². The molecule has 0 unspecified atom stereocenters. The monoisotopic (exact) mass is 500 g/mol. The summed E-state index contributed by atoms with van der Waals surface area (Å²) < 4.78 is 51.2. The molecule has 1 aliphatic rings. The number of rotatable bonds is 6. The first-order valence-corrected chi connectivity index (χ1v) is 12.0. The Bertz CT molecular complexity index is 917. The molecule has 1 aliphatic carbocycles. The molecule has 0 bridgehead atoms. The number of ether oxygens (including phenoxy) is 2. The van der Waals surface area contributed by atoms with Gasteiger partial charge in [0.15, 0.2) is 0 Å². The van der Waals surface area contributed by atoms with E-state index < -0.39 is 34.5 Å². The fourth-order valence-corrected chi connectivity index (χ4v) is 4.34. The zero-order valence-electron chi connectivity index (χ0n) is 22.0. The largest absolute Gasteiger partial charge is 0.488 e. The lowest BCUT2D eigenvalue weighted by Gasteiger charge is -2.33. The SMILES string of the molecule is CC(C)[C@]1(C(=O)NCc2cc(C(F)(F)F)ccc2OC(C)(C)C)CC[C@@H](NC(=O)OC(C)(C)C)C1. The van der Waals surface area contributed by atoms with Crippen LogP contribution in [0.15, 0.2) is 18.2 Å². The van der Waals surface area contributed by atoms with Crippen LogP contribution in [0.1, 0.15) is 85.8 Å². The second kappa shape index (κ2) is 10.3. The lowest BCUT2D eigenvalue weighted by atomic mass is 9.74. The predicted molar refractivity (Wildman–Crippen MR) is 128 cm³/mol. The van der Waals surface area contributed by atoms with Gasteiger partial charge < -0.3 is 20.1 Å². The van der Waals surface area contributed by atoms with E-state index in [2.05, 4.69) is 10.6 Å². The molecule has 2 amide bonds. The Morgan fingerprint density at radius 1 is 1.09 bits per heavy atom. The molecule has 0 spiro atoms. The fourth-order valence-electron chi connectivity index (χ4n) is 4.34. The molecule has 1 aromatic rings. The highest BCUT2D eigenvalue weighted by atomic mass is 19.4. The number of nitrogens with one attached hydrogen (secondary N) is 2. The number of carbonyl (C=O) groups is 2. The number of amides is 2. The Morgan fingerprint density at radius 2 is 1.71 bits per heavy atom. The van der Waals surface area contributed by atoms with E-state index in [0.29, 0.717) is 25.0 Å². The Balaban J connectivity index is 2.19. The highest BCUT2D eigenvalue weighted by Gasteiger charge is 2.48. The first-order chi connectivity index (χ1) is 15.8. The molecule has 1 aromatic carbocycles. The van der Waals surface area contributed by atoms with Crippen molar-refractivity contribution in [2.24, 2.45) is 11.3 Å². The Labute approximate surface area is 206 Å². The van der Waals surface area contributed by atoms with Crippen molar-refractivity contribution in [2.75, 3.05) is 0 Å². The van der Waals surface area contributed by atoms with Gasteiger partial charge in [0.05, 0.1) is 11.0 Å². The van der Waals surface area contributed by atoms with Gasteiger partial charge in [0.2, 0.25) is 5.91 Å². The lowest BCUT2D eigenvalue weighted by Crippen LogP contribution is -2.45. The van der Waals surface area contributed by atoms with Gasteiger partial charge in [0.25, 0.3) is 0 Å². The van der Waals surface area contributed by atoms with Crippen molar-refractivity contribution in [1.82, 2.24) is 10.6 Å². The summed E-state index contributed by atoms with van der Waals surface area (Å²) >= 11 is 0. The molecule has 35 heavy (non-hydrogen) atoms. The molecule has 6 nitrogen and oxygen atoms in total.